The molecule has 0 amide bonds. The molecule has 112 valence electrons. The highest BCUT2D eigenvalue weighted by Gasteiger charge is 2.04. The van der Waals surface area contributed by atoms with E-state index in [9.17, 15) is 0 Å². The van der Waals surface area contributed by atoms with E-state index in [-0.39, 0.29) is 6.61 Å². The Morgan fingerprint density at radius 2 is 1.86 bits per heavy atom. The predicted octanol–water partition coefficient (Wildman–Crippen LogP) is 4.13. The highest BCUT2D eigenvalue weighted by atomic mass is 35.5. The van der Waals surface area contributed by atoms with Crippen molar-refractivity contribution in [2.75, 3.05) is 6.61 Å². The van der Waals surface area contributed by atoms with Crippen LogP contribution in [0.1, 0.15) is 11.1 Å². The Morgan fingerprint density at radius 1 is 1.14 bits per heavy atom. The molecule has 0 aromatic heterocycles. The van der Waals surface area contributed by atoms with E-state index in [1.165, 1.54) is 0 Å². The number of nitrogens with zero attached hydrogens (tertiary/aromatic N) is 1. The van der Waals surface area contributed by atoms with Crippen LogP contribution in [0.4, 0.5) is 0 Å². The first-order valence-corrected chi connectivity index (χ1v) is 7.32. The van der Waals surface area contributed by atoms with Gasteiger partial charge in [0.25, 0.3) is 0 Å². The molecule has 2 aromatic rings. The van der Waals surface area contributed by atoms with E-state index in [0.29, 0.717) is 22.3 Å². The van der Waals surface area contributed by atoms with E-state index in [1.54, 1.807) is 24.4 Å². The predicted molar refractivity (Wildman–Crippen MR) is 91.7 cm³/mol. The Labute approximate surface area is 139 Å². The van der Waals surface area contributed by atoms with Gasteiger partial charge in [0.15, 0.2) is 0 Å². The van der Waals surface area contributed by atoms with Crippen LogP contribution in [0.5, 0.6) is 5.75 Å². The molecule has 2 rings (SSSR count). The summed E-state index contributed by atoms with van der Waals surface area (Å²) in [6.45, 7) is 0.649. The molecule has 3 nitrogen and oxygen atoms in total. The van der Waals surface area contributed by atoms with Crippen LogP contribution in [0.25, 0.3) is 0 Å². The first-order chi connectivity index (χ1) is 10.7. The second-order valence-corrected chi connectivity index (χ2v) is 5.14. The fourth-order valence-electron chi connectivity index (χ4n) is 1.78. The van der Waals surface area contributed by atoms with Gasteiger partial charge in [0.1, 0.15) is 12.4 Å². The molecule has 0 radical (unpaired) electrons. The summed E-state index contributed by atoms with van der Waals surface area (Å²) in [5.74, 6) is 3.12. The number of benzene rings is 2. The SMILES string of the molecule is C#CCOc1ccccc1/C=N/NCc1c(Cl)cccc1Cl. The van der Waals surface area contributed by atoms with E-state index in [0.717, 1.165) is 11.1 Å². The quantitative estimate of drug-likeness (QED) is 0.490. The summed E-state index contributed by atoms with van der Waals surface area (Å²) < 4.78 is 5.44. The molecule has 0 heterocycles. The van der Waals surface area contributed by atoms with Crippen molar-refractivity contribution in [3.05, 3.63) is 63.6 Å². The number of hydrogen-bond acceptors (Lipinski definition) is 3. The van der Waals surface area contributed by atoms with Crippen molar-refractivity contribution in [1.29, 1.82) is 0 Å². The second kappa shape index (κ2) is 8.33. The minimum absolute atomic E-state index is 0.216. The van der Waals surface area contributed by atoms with Crippen molar-refractivity contribution in [3.63, 3.8) is 0 Å². The van der Waals surface area contributed by atoms with Gasteiger partial charge in [-0.15, -0.1) is 6.42 Å². The average molecular weight is 333 g/mol. The summed E-state index contributed by atoms with van der Waals surface area (Å²) in [6.07, 6.45) is 6.86. The lowest BCUT2D eigenvalue weighted by Crippen LogP contribution is -2.07. The van der Waals surface area contributed by atoms with Gasteiger partial charge in [-0.05, 0) is 24.3 Å². The Morgan fingerprint density at radius 3 is 2.59 bits per heavy atom. The van der Waals surface area contributed by atoms with Gasteiger partial charge < -0.3 is 10.2 Å². The standard InChI is InChI=1S/C17H14Cl2N2O/c1-2-10-22-17-9-4-3-6-13(17)11-20-21-12-14-15(18)7-5-8-16(14)19/h1,3-9,11,21H,10,12H2/b20-11+. The molecule has 0 saturated heterocycles. The van der Waals surface area contributed by atoms with Crippen LogP contribution in [0.3, 0.4) is 0 Å². The Kier molecular flexibility index (Phi) is 6.14. The molecule has 0 atom stereocenters. The van der Waals surface area contributed by atoms with Crippen molar-refractivity contribution < 1.29 is 4.74 Å². The van der Waals surface area contributed by atoms with Crippen LogP contribution in [-0.4, -0.2) is 12.8 Å². The lowest BCUT2D eigenvalue weighted by atomic mass is 10.2. The number of hydrazone groups is 1. The molecule has 5 heteroatoms. The summed E-state index contributed by atoms with van der Waals surface area (Å²) >= 11 is 12.2. The van der Waals surface area contributed by atoms with Crippen LogP contribution >= 0.6 is 23.2 Å². The van der Waals surface area contributed by atoms with Crippen molar-refractivity contribution in [1.82, 2.24) is 5.43 Å². The van der Waals surface area contributed by atoms with Gasteiger partial charge >= 0.3 is 0 Å². The third-order valence-corrected chi connectivity index (χ3v) is 3.55. The molecule has 0 aliphatic carbocycles. The normalized spacial score (nSPS) is 10.4. The maximum atomic E-state index is 6.09. The van der Waals surface area contributed by atoms with Gasteiger partial charge in [-0.3, -0.25) is 0 Å². The van der Waals surface area contributed by atoms with Gasteiger partial charge in [-0.2, -0.15) is 5.10 Å². The monoisotopic (exact) mass is 332 g/mol. The smallest absolute Gasteiger partial charge is 0.148 e. The van der Waals surface area contributed by atoms with E-state index in [2.05, 4.69) is 16.4 Å². The van der Waals surface area contributed by atoms with Crippen molar-refractivity contribution in [2.45, 2.75) is 6.54 Å². The molecule has 1 N–H and O–H groups in total. The molecule has 0 spiro atoms. The largest absolute Gasteiger partial charge is 0.480 e. The van der Waals surface area contributed by atoms with Gasteiger partial charge in [-0.25, -0.2) is 0 Å². The van der Waals surface area contributed by atoms with Crippen LogP contribution in [0, 0.1) is 12.3 Å². The van der Waals surface area contributed by atoms with Crippen LogP contribution in [0.15, 0.2) is 47.6 Å². The molecule has 0 saturated carbocycles. The third kappa shape index (κ3) is 4.42. The van der Waals surface area contributed by atoms with Crippen LogP contribution in [0.2, 0.25) is 10.0 Å². The maximum Gasteiger partial charge on any atom is 0.148 e. The Hall–Kier alpha value is -2.15. The highest BCUT2D eigenvalue weighted by Crippen LogP contribution is 2.23. The van der Waals surface area contributed by atoms with E-state index in [1.807, 2.05) is 24.3 Å². The fourth-order valence-corrected chi connectivity index (χ4v) is 2.31. The summed E-state index contributed by atoms with van der Waals surface area (Å²) in [6, 6.07) is 12.9. The summed E-state index contributed by atoms with van der Waals surface area (Å²) in [5.41, 5.74) is 4.55. The first kappa shape index (κ1) is 16.2. The zero-order valence-corrected chi connectivity index (χ0v) is 13.2. The van der Waals surface area contributed by atoms with E-state index >= 15 is 0 Å². The number of hydrogen-bond donors (Lipinski definition) is 1. The number of rotatable bonds is 6. The number of ether oxygens (including phenoxy) is 1. The summed E-state index contributed by atoms with van der Waals surface area (Å²) in [7, 11) is 0. The van der Waals surface area contributed by atoms with E-state index < -0.39 is 0 Å². The van der Waals surface area contributed by atoms with Gasteiger partial charge in [0.2, 0.25) is 0 Å². The summed E-state index contributed by atoms with van der Waals surface area (Å²) in [5, 5.41) is 5.37. The van der Waals surface area contributed by atoms with Crippen LogP contribution in [-0.2, 0) is 6.54 Å². The first-order valence-electron chi connectivity index (χ1n) is 6.56. The zero-order chi connectivity index (χ0) is 15.8. The van der Waals surface area contributed by atoms with Gasteiger partial charge in [0.05, 0.1) is 12.8 Å². The second-order valence-electron chi connectivity index (χ2n) is 4.32. The van der Waals surface area contributed by atoms with Gasteiger partial charge in [0, 0.05) is 21.2 Å². The molecule has 0 bridgehead atoms. The number of para-hydroxylation sites is 1. The molecule has 22 heavy (non-hydrogen) atoms. The molecule has 0 unspecified atom stereocenters. The highest BCUT2D eigenvalue weighted by molar-refractivity contribution is 6.35. The maximum absolute atomic E-state index is 6.09. The Bertz CT molecular complexity index is 688. The minimum Gasteiger partial charge on any atom is -0.480 e. The molecular formula is C17H14Cl2N2O. The van der Waals surface area contributed by atoms with E-state index in [4.69, 9.17) is 34.4 Å². The number of halogens is 2. The summed E-state index contributed by atoms with van der Waals surface area (Å²) in [4.78, 5) is 0. The minimum atomic E-state index is 0.216. The lowest BCUT2D eigenvalue weighted by molar-refractivity contribution is 0.370. The van der Waals surface area contributed by atoms with Crippen molar-refractivity contribution in [2.24, 2.45) is 5.10 Å². The van der Waals surface area contributed by atoms with Crippen LogP contribution < -0.4 is 10.2 Å². The van der Waals surface area contributed by atoms with Crippen molar-refractivity contribution in [3.8, 4) is 18.1 Å². The zero-order valence-electron chi connectivity index (χ0n) is 11.7. The third-order valence-electron chi connectivity index (χ3n) is 2.84. The van der Waals surface area contributed by atoms with Gasteiger partial charge in [-0.1, -0.05) is 47.3 Å². The number of nitrogens with one attached hydrogen (secondary N) is 1. The van der Waals surface area contributed by atoms with Crippen molar-refractivity contribution >= 4 is 29.4 Å². The molecular weight excluding hydrogens is 319 g/mol. The fraction of sp³-hybridized carbons (Fsp3) is 0.118. The molecule has 2 aromatic carbocycles. The number of terminal acetylenes is 1. The Balaban J connectivity index is 2.00. The topological polar surface area (TPSA) is 33.6 Å². The molecule has 0 aliphatic rings. The molecule has 0 aliphatic heterocycles. The lowest BCUT2D eigenvalue weighted by Gasteiger charge is -2.07. The molecule has 0 fully saturated rings. The average Bonchev–Trinajstić information content (AvgIpc) is 2.52.